The number of rotatable bonds is 2. The second-order valence-electron chi connectivity index (χ2n) is 4.14. The average Bonchev–Trinajstić information content (AvgIpc) is 2.75. The molecule has 18 heavy (non-hydrogen) atoms. The fourth-order valence-corrected chi connectivity index (χ4v) is 1.61. The first-order valence-electron chi connectivity index (χ1n) is 5.60. The monoisotopic (exact) mass is 249 g/mol. The van der Waals surface area contributed by atoms with E-state index in [1.165, 1.54) is 9.80 Å². The third-order valence-electron chi connectivity index (χ3n) is 2.58. The van der Waals surface area contributed by atoms with E-state index in [0.717, 1.165) is 0 Å². The van der Waals surface area contributed by atoms with E-state index >= 15 is 0 Å². The highest BCUT2D eigenvalue weighted by Crippen LogP contribution is 2.22. The largest absolute Gasteiger partial charge is 0.447 e. The molecule has 0 spiro atoms. The molecule has 1 saturated heterocycles. The minimum atomic E-state index is -0.355. The number of hydrogen-bond donors (Lipinski definition) is 1. The third-order valence-corrected chi connectivity index (χ3v) is 2.58. The van der Waals surface area contributed by atoms with Gasteiger partial charge in [-0.2, -0.15) is 0 Å². The summed E-state index contributed by atoms with van der Waals surface area (Å²) < 4.78 is 4.87. The number of benzene rings is 1. The number of carbonyl (C=O) groups excluding carboxylic acids is 2. The van der Waals surface area contributed by atoms with Gasteiger partial charge in [0.2, 0.25) is 0 Å². The number of hydrogen-bond acceptors (Lipinski definition) is 3. The van der Waals surface area contributed by atoms with Crippen LogP contribution < -0.4 is 10.2 Å². The summed E-state index contributed by atoms with van der Waals surface area (Å²) >= 11 is 0. The van der Waals surface area contributed by atoms with Crippen LogP contribution in [-0.4, -0.2) is 44.3 Å². The van der Waals surface area contributed by atoms with Gasteiger partial charge in [0.25, 0.3) is 0 Å². The van der Waals surface area contributed by atoms with Crippen LogP contribution in [0.4, 0.5) is 21.0 Å². The number of carbonyl (C=O) groups is 2. The molecule has 1 aromatic carbocycles. The molecule has 1 aliphatic heterocycles. The third kappa shape index (κ3) is 2.53. The summed E-state index contributed by atoms with van der Waals surface area (Å²) in [5.74, 6) is 0. The Balaban J connectivity index is 2.15. The number of nitrogens with zero attached hydrogens (tertiary/aromatic N) is 2. The molecule has 1 fully saturated rings. The van der Waals surface area contributed by atoms with E-state index < -0.39 is 0 Å². The summed E-state index contributed by atoms with van der Waals surface area (Å²) in [5.41, 5.74) is 1.36. The van der Waals surface area contributed by atoms with Crippen LogP contribution in [0.3, 0.4) is 0 Å². The lowest BCUT2D eigenvalue weighted by Crippen LogP contribution is -2.27. The second-order valence-corrected chi connectivity index (χ2v) is 4.14. The Morgan fingerprint density at radius 2 is 2.22 bits per heavy atom. The van der Waals surface area contributed by atoms with E-state index in [4.69, 9.17) is 4.74 Å². The first kappa shape index (κ1) is 12.2. The molecule has 0 atom stereocenters. The molecular weight excluding hydrogens is 234 g/mol. The van der Waals surface area contributed by atoms with Crippen molar-refractivity contribution in [2.24, 2.45) is 0 Å². The van der Waals surface area contributed by atoms with Crippen LogP contribution in [0, 0.1) is 0 Å². The molecule has 1 heterocycles. The molecule has 0 unspecified atom stereocenters. The summed E-state index contributed by atoms with van der Waals surface area (Å²) in [6.07, 6.45) is -0.355. The van der Waals surface area contributed by atoms with Gasteiger partial charge >= 0.3 is 12.1 Å². The smallest absolute Gasteiger partial charge is 0.414 e. The Bertz CT molecular complexity index is 473. The summed E-state index contributed by atoms with van der Waals surface area (Å²) in [6, 6.07) is 6.89. The summed E-state index contributed by atoms with van der Waals surface area (Å²) in [4.78, 5) is 25.9. The van der Waals surface area contributed by atoms with E-state index in [1.54, 1.807) is 38.4 Å². The zero-order valence-corrected chi connectivity index (χ0v) is 10.3. The van der Waals surface area contributed by atoms with Gasteiger partial charge in [0.1, 0.15) is 6.61 Å². The summed E-state index contributed by atoms with van der Waals surface area (Å²) in [5, 5.41) is 2.73. The minimum Gasteiger partial charge on any atom is -0.447 e. The number of amides is 3. The molecule has 0 aliphatic carbocycles. The van der Waals surface area contributed by atoms with Crippen molar-refractivity contribution in [3.05, 3.63) is 24.3 Å². The van der Waals surface area contributed by atoms with Crippen molar-refractivity contribution in [1.82, 2.24) is 4.90 Å². The van der Waals surface area contributed by atoms with Crippen molar-refractivity contribution >= 4 is 23.5 Å². The van der Waals surface area contributed by atoms with E-state index in [9.17, 15) is 9.59 Å². The van der Waals surface area contributed by atoms with Crippen LogP contribution >= 0.6 is 0 Å². The number of cyclic esters (lactones) is 1. The molecule has 1 aromatic rings. The van der Waals surface area contributed by atoms with Gasteiger partial charge in [-0.1, -0.05) is 6.07 Å². The maximum atomic E-state index is 11.5. The molecule has 0 saturated carbocycles. The molecule has 0 aromatic heterocycles. The highest BCUT2D eigenvalue weighted by molar-refractivity contribution is 5.92. The number of nitrogens with one attached hydrogen (secondary N) is 1. The van der Waals surface area contributed by atoms with Crippen LogP contribution in [0.15, 0.2) is 24.3 Å². The molecule has 1 aliphatic rings. The minimum absolute atomic E-state index is 0.212. The highest BCUT2D eigenvalue weighted by atomic mass is 16.6. The Morgan fingerprint density at radius 3 is 2.83 bits per heavy atom. The Hall–Kier alpha value is -2.24. The first-order valence-corrected chi connectivity index (χ1v) is 5.60. The van der Waals surface area contributed by atoms with Gasteiger partial charge < -0.3 is 15.0 Å². The number of urea groups is 1. The molecule has 2 rings (SSSR count). The van der Waals surface area contributed by atoms with Crippen LogP contribution in [0.1, 0.15) is 0 Å². The molecular formula is C12H15N3O3. The molecule has 3 amide bonds. The number of ether oxygens (including phenoxy) is 1. The molecule has 0 radical (unpaired) electrons. The van der Waals surface area contributed by atoms with Crippen molar-refractivity contribution in [2.45, 2.75) is 0 Å². The van der Waals surface area contributed by atoms with Crippen molar-refractivity contribution in [2.75, 3.05) is 37.5 Å². The zero-order chi connectivity index (χ0) is 13.1. The fraction of sp³-hybridized carbons (Fsp3) is 0.333. The van der Waals surface area contributed by atoms with Gasteiger partial charge in [0, 0.05) is 25.5 Å². The van der Waals surface area contributed by atoms with Crippen LogP contribution in [0.5, 0.6) is 0 Å². The molecule has 1 N–H and O–H groups in total. The van der Waals surface area contributed by atoms with Gasteiger partial charge in [-0.3, -0.25) is 4.90 Å². The molecule has 96 valence electrons. The lowest BCUT2D eigenvalue weighted by Gasteiger charge is -2.15. The van der Waals surface area contributed by atoms with E-state index in [-0.39, 0.29) is 12.1 Å². The summed E-state index contributed by atoms with van der Waals surface area (Å²) in [7, 11) is 3.33. The average molecular weight is 249 g/mol. The molecule has 0 bridgehead atoms. The topological polar surface area (TPSA) is 61.9 Å². The Kier molecular flexibility index (Phi) is 3.36. The molecule has 6 heteroatoms. The Labute approximate surface area is 105 Å². The maximum Gasteiger partial charge on any atom is 0.414 e. The van der Waals surface area contributed by atoms with Crippen LogP contribution in [0.2, 0.25) is 0 Å². The fourth-order valence-electron chi connectivity index (χ4n) is 1.61. The zero-order valence-electron chi connectivity index (χ0n) is 10.3. The van der Waals surface area contributed by atoms with Crippen LogP contribution in [-0.2, 0) is 4.74 Å². The van der Waals surface area contributed by atoms with Crippen molar-refractivity contribution in [3.8, 4) is 0 Å². The predicted octanol–water partition coefficient (Wildman–Crippen LogP) is 1.74. The van der Waals surface area contributed by atoms with Gasteiger partial charge in [0.15, 0.2) is 0 Å². The first-order chi connectivity index (χ1) is 8.58. The van der Waals surface area contributed by atoms with E-state index in [1.807, 2.05) is 0 Å². The van der Waals surface area contributed by atoms with Gasteiger partial charge in [-0.15, -0.1) is 0 Å². The van der Waals surface area contributed by atoms with Crippen molar-refractivity contribution in [3.63, 3.8) is 0 Å². The van der Waals surface area contributed by atoms with Gasteiger partial charge in [-0.25, -0.2) is 9.59 Å². The normalized spacial score (nSPS) is 14.3. The summed E-state index contributed by atoms with van der Waals surface area (Å²) in [6.45, 7) is 0.928. The van der Waals surface area contributed by atoms with Crippen molar-refractivity contribution in [1.29, 1.82) is 0 Å². The van der Waals surface area contributed by atoms with E-state index in [0.29, 0.717) is 24.5 Å². The van der Waals surface area contributed by atoms with Crippen LogP contribution in [0.25, 0.3) is 0 Å². The predicted molar refractivity (Wildman–Crippen MR) is 67.8 cm³/mol. The lowest BCUT2D eigenvalue weighted by molar-refractivity contribution is 0.181. The second kappa shape index (κ2) is 4.95. The SMILES string of the molecule is CN(C)C(=O)Nc1cccc(N2CCOC2=O)c1. The highest BCUT2D eigenvalue weighted by Gasteiger charge is 2.23. The lowest BCUT2D eigenvalue weighted by atomic mass is 10.2. The quantitative estimate of drug-likeness (QED) is 0.868. The van der Waals surface area contributed by atoms with Crippen molar-refractivity contribution < 1.29 is 14.3 Å². The standard InChI is InChI=1S/C12H15N3O3/c1-14(2)11(16)13-9-4-3-5-10(8-9)15-6-7-18-12(15)17/h3-5,8H,6-7H2,1-2H3,(H,13,16). The van der Waals surface area contributed by atoms with E-state index in [2.05, 4.69) is 5.32 Å². The van der Waals surface area contributed by atoms with Gasteiger partial charge in [0.05, 0.1) is 6.54 Å². The Morgan fingerprint density at radius 1 is 1.44 bits per heavy atom. The maximum absolute atomic E-state index is 11.5. The van der Waals surface area contributed by atoms with Gasteiger partial charge in [-0.05, 0) is 18.2 Å². The number of anilines is 2. The molecule has 6 nitrogen and oxygen atoms in total.